The highest BCUT2D eigenvalue weighted by Crippen LogP contribution is 2.10. The smallest absolute Gasteiger partial charge is 0.305 e. The summed E-state index contributed by atoms with van der Waals surface area (Å²) in [6.45, 7) is 2.90. The SMILES string of the molecule is COC(=O)CCCCCNC(=S)N[C@@H](C)c1ccccc1. The first-order chi connectivity index (χ1) is 10.1. The average Bonchev–Trinajstić information content (AvgIpc) is 2.51. The Hall–Kier alpha value is -1.62. The van der Waals surface area contributed by atoms with Gasteiger partial charge in [0.2, 0.25) is 0 Å². The van der Waals surface area contributed by atoms with E-state index >= 15 is 0 Å². The molecular weight excluding hydrogens is 284 g/mol. The van der Waals surface area contributed by atoms with Gasteiger partial charge in [-0.25, -0.2) is 0 Å². The van der Waals surface area contributed by atoms with Crippen LogP contribution >= 0.6 is 12.2 Å². The molecule has 0 aliphatic heterocycles. The van der Waals surface area contributed by atoms with Crippen molar-refractivity contribution < 1.29 is 9.53 Å². The Morgan fingerprint density at radius 1 is 1.24 bits per heavy atom. The molecule has 0 spiro atoms. The predicted octanol–water partition coefficient (Wildman–Crippen LogP) is 2.95. The zero-order valence-electron chi connectivity index (χ0n) is 12.7. The van der Waals surface area contributed by atoms with Gasteiger partial charge in [-0.1, -0.05) is 36.8 Å². The van der Waals surface area contributed by atoms with E-state index in [1.54, 1.807) is 0 Å². The van der Waals surface area contributed by atoms with E-state index in [2.05, 4.69) is 34.4 Å². The fourth-order valence-corrected chi connectivity index (χ4v) is 2.23. The van der Waals surface area contributed by atoms with Crippen molar-refractivity contribution in [3.8, 4) is 0 Å². The summed E-state index contributed by atoms with van der Waals surface area (Å²) in [6, 6.07) is 10.4. The van der Waals surface area contributed by atoms with E-state index in [9.17, 15) is 4.79 Å². The lowest BCUT2D eigenvalue weighted by Crippen LogP contribution is -2.37. The van der Waals surface area contributed by atoms with Gasteiger partial charge in [-0.3, -0.25) is 4.79 Å². The van der Waals surface area contributed by atoms with Crippen LogP contribution < -0.4 is 10.6 Å². The molecule has 0 aromatic heterocycles. The lowest BCUT2D eigenvalue weighted by atomic mass is 10.1. The van der Waals surface area contributed by atoms with E-state index in [0.29, 0.717) is 11.5 Å². The Morgan fingerprint density at radius 2 is 1.95 bits per heavy atom. The summed E-state index contributed by atoms with van der Waals surface area (Å²) in [6.07, 6.45) is 3.32. The Kier molecular flexibility index (Phi) is 8.43. The molecule has 21 heavy (non-hydrogen) atoms. The Morgan fingerprint density at radius 3 is 2.62 bits per heavy atom. The monoisotopic (exact) mass is 308 g/mol. The molecule has 0 heterocycles. The number of carbonyl (C=O) groups is 1. The number of nitrogens with one attached hydrogen (secondary N) is 2. The summed E-state index contributed by atoms with van der Waals surface area (Å²) in [5, 5.41) is 7.12. The van der Waals surface area contributed by atoms with E-state index in [0.717, 1.165) is 25.8 Å². The fourth-order valence-electron chi connectivity index (χ4n) is 1.95. The van der Waals surface area contributed by atoms with Gasteiger partial charge >= 0.3 is 5.97 Å². The average molecular weight is 308 g/mol. The number of unbranched alkanes of at least 4 members (excludes halogenated alkanes) is 2. The first-order valence-electron chi connectivity index (χ1n) is 7.29. The van der Waals surface area contributed by atoms with Crippen LogP contribution in [-0.4, -0.2) is 24.7 Å². The molecule has 4 nitrogen and oxygen atoms in total. The second kappa shape index (κ2) is 10.2. The minimum absolute atomic E-state index is 0.142. The van der Waals surface area contributed by atoms with Crippen molar-refractivity contribution in [1.82, 2.24) is 10.6 Å². The summed E-state index contributed by atoms with van der Waals surface area (Å²) in [5.41, 5.74) is 1.21. The summed E-state index contributed by atoms with van der Waals surface area (Å²) in [7, 11) is 1.42. The quantitative estimate of drug-likeness (QED) is 0.439. The topological polar surface area (TPSA) is 50.4 Å². The van der Waals surface area contributed by atoms with Crippen LogP contribution in [0.25, 0.3) is 0 Å². The maximum atomic E-state index is 10.9. The molecule has 0 saturated heterocycles. The second-order valence-electron chi connectivity index (χ2n) is 4.92. The number of hydrogen-bond acceptors (Lipinski definition) is 3. The number of hydrogen-bond donors (Lipinski definition) is 2. The summed E-state index contributed by atoms with van der Waals surface area (Å²) in [4.78, 5) is 10.9. The minimum Gasteiger partial charge on any atom is -0.469 e. The first kappa shape index (κ1) is 17.4. The van der Waals surface area contributed by atoms with E-state index in [4.69, 9.17) is 12.2 Å². The van der Waals surface area contributed by atoms with Crippen molar-refractivity contribution in [2.24, 2.45) is 0 Å². The van der Waals surface area contributed by atoms with Crippen molar-refractivity contribution >= 4 is 23.3 Å². The van der Waals surface area contributed by atoms with Gasteiger partial charge in [-0.05, 0) is 37.5 Å². The number of methoxy groups -OCH3 is 1. The van der Waals surface area contributed by atoms with Crippen LogP contribution in [0.3, 0.4) is 0 Å². The zero-order valence-corrected chi connectivity index (χ0v) is 13.5. The standard InChI is InChI=1S/C16H24N2O2S/c1-13(14-9-5-3-6-10-14)18-16(21)17-12-8-4-7-11-15(19)20-2/h3,5-6,9-10,13H,4,7-8,11-12H2,1-2H3,(H2,17,18,21)/t13-/m0/s1. The third-order valence-electron chi connectivity index (χ3n) is 3.22. The van der Waals surface area contributed by atoms with Crippen LogP contribution in [0.1, 0.15) is 44.2 Å². The maximum absolute atomic E-state index is 10.9. The molecular formula is C16H24N2O2S. The molecule has 0 fully saturated rings. The molecule has 2 N–H and O–H groups in total. The van der Waals surface area contributed by atoms with Crippen molar-refractivity contribution in [1.29, 1.82) is 0 Å². The minimum atomic E-state index is -0.142. The van der Waals surface area contributed by atoms with E-state index in [1.807, 2.05) is 18.2 Å². The zero-order chi connectivity index (χ0) is 15.5. The molecule has 0 unspecified atom stereocenters. The van der Waals surface area contributed by atoms with Crippen molar-refractivity contribution in [2.75, 3.05) is 13.7 Å². The molecule has 0 aliphatic rings. The fraction of sp³-hybridized carbons (Fsp3) is 0.500. The third kappa shape index (κ3) is 7.66. The molecule has 0 bridgehead atoms. The molecule has 0 saturated carbocycles. The molecule has 0 amide bonds. The maximum Gasteiger partial charge on any atom is 0.305 e. The van der Waals surface area contributed by atoms with E-state index < -0.39 is 0 Å². The third-order valence-corrected chi connectivity index (χ3v) is 3.48. The van der Waals surface area contributed by atoms with Gasteiger partial charge in [0.15, 0.2) is 5.11 Å². The van der Waals surface area contributed by atoms with Gasteiger partial charge in [0.05, 0.1) is 13.2 Å². The summed E-state index contributed by atoms with van der Waals surface area (Å²) in [5.74, 6) is -0.142. The van der Waals surface area contributed by atoms with Gasteiger partial charge < -0.3 is 15.4 Å². The van der Waals surface area contributed by atoms with Gasteiger partial charge in [-0.15, -0.1) is 0 Å². The van der Waals surface area contributed by atoms with Crippen molar-refractivity contribution in [2.45, 2.75) is 38.6 Å². The van der Waals surface area contributed by atoms with Crippen molar-refractivity contribution in [3.05, 3.63) is 35.9 Å². The number of esters is 1. The number of carbonyl (C=O) groups excluding carboxylic acids is 1. The van der Waals surface area contributed by atoms with Crippen LogP contribution in [0.4, 0.5) is 0 Å². The summed E-state index contributed by atoms with van der Waals surface area (Å²) >= 11 is 5.27. The summed E-state index contributed by atoms with van der Waals surface area (Å²) < 4.78 is 4.60. The second-order valence-corrected chi connectivity index (χ2v) is 5.33. The highest BCUT2D eigenvalue weighted by molar-refractivity contribution is 7.80. The number of benzene rings is 1. The molecule has 0 radical (unpaired) electrons. The predicted molar refractivity (Wildman–Crippen MR) is 89.1 cm³/mol. The van der Waals surface area contributed by atoms with E-state index in [1.165, 1.54) is 12.7 Å². The molecule has 116 valence electrons. The molecule has 0 aliphatic carbocycles. The molecule has 1 atom stereocenters. The van der Waals surface area contributed by atoms with Crippen LogP contribution in [0.15, 0.2) is 30.3 Å². The molecule has 1 rings (SSSR count). The van der Waals surface area contributed by atoms with Gasteiger partial charge in [0.1, 0.15) is 0 Å². The molecule has 1 aromatic carbocycles. The lowest BCUT2D eigenvalue weighted by molar-refractivity contribution is -0.140. The Bertz CT molecular complexity index is 437. The first-order valence-corrected chi connectivity index (χ1v) is 7.70. The highest BCUT2D eigenvalue weighted by atomic mass is 32.1. The Labute approximate surface area is 132 Å². The number of ether oxygens (including phenoxy) is 1. The van der Waals surface area contributed by atoms with Crippen molar-refractivity contribution in [3.63, 3.8) is 0 Å². The van der Waals surface area contributed by atoms with Crippen LogP contribution in [-0.2, 0) is 9.53 Å². The lowest BCUT2D eigenvalue weighted by Gasteiger charge is -2.17. The molecule has 5 heteroatoms. The van der Waals surface area contributed by atoms with Crippen LogP contribution in [0, 0.1) is 0 Å². The van der Waals surface area contributed by atoms with Crippen LogP contribution in [0.2, 0.25) is 0 Å². The van der Waals surface area contributed by atoms with E-state index in [-0.39, 0.29) is 12.0 Å². The largest absolute Gasteiger partial charge is 0.469 e. The van der Waals surface area contributed by atoms with Crippen LogP contribution in [0.5, 0.6) is 0 Å². The van der Waals surface area contributed by atoms with Gasteiger partial charge in [-0.2, -0.15) is 0 Å². The molecule has 1 aromatic rings. The Balaban J connectivity index is 2.10. The van der Waals surface area contributed by atoms with Gasteiger partial charge in [0.25, 0.3) is 0 Å². The van der Waals surface area contributed by atoms with Gasteiger partial charge in [0, 0.05) is 13.0 Å². The normalized spacial score (nSPS) is 11.5. The number of rotatable bonds is 8. The number of thiocarbonyl (C=S) groups is 1. The highest BCUT2D eigenvalue weighted by Gasteiger charge is 2.05.